The molecular weight excluding hydrogens is 233 g/mol. The number of carbonyl (C=O) groups is 1. The normalized spacial score (nSPS) is 10.1. The van der Waals surface area contributed by atoms with Crippen LogP contribution in [0.4, 0.5) is 15.9 Å². The highest BCUT2D eigenvalue weighted by atomic mass is 19.1. The minimum Gasteiger partial charge on any atom is -0.398 e. The van der Waals surface area contributed by atoms with E-state index in [4.69, 9.17) is 5.73 Å². The van der Waals surface area contributed by atoms with Gasteiger partial charge >= 0.3 is 0 Å². The number of nitrogen functional groups attached to an aromatic ring is 1. The van der Waals surface area contributed by atoms with E-state index in [2.05, 4.69) is 10.3 Å². The van der Waals surface area contributed by atoms with E-state index in [9.17, 15) is 9.18 Å². The number of anilines is 2. The van der Waals surface area contributed by atoms with Crippen LogP contribution in [0.25, 0.3) is 0 Å². The molecule has 0 saturated heterocycles. The number of halogens is 1. The maximum absolute atomic E-state index is 12.7. The van der Waals surface area contributed by atoms with Crippen molar-refractivity contribution in [3.63, 3.8) is 0 Å². The molecule has 2 aromatic rings. The third kappa shape index (κ3) is 2.63. The Bertz CT molecular complexity index is 581. The molecule has 1 aromatic heterocycles. The molecule has 0 fully saturated rings. The van der Waals surface area contributed by atoms with Gasteiger partial charge in [0.2, 0.25) is 0 Å². The zero-order valence-electron chi connectivity index (χ0n) is 9.77. The molecule has 1 amide bonds. The second kappa shape index (κ2) is 4.83. The van der Waals surface area contributed by atoms with Gasteiger partial charge in [0.05, 0.1) is 6.20 Å². The summed E-state index contributed by atoms with van der Waals surface area (Å²) in [4.78, 5) is 15.6. The van der Waals surface area contributed by atoms with Gasteiger partial charge in [0.1, 0.15) is 11.6 Å². The topological polar surface area (TPSA) is 68.0 Å². The standard InChI is InChI=1S/C13H12FN3O/c1-8-2-3-9(6-11(8)15)13(18)17-12-5-4-10(14)7-16-12/h2-7H,15H2,1H3,(H,16,17,18). The molecule has 0 radical (unpaired) electrons. The first-order valence-corrected chi connectivity index (χ1v) is 5.35. The highest BCUT2D eigenvalue weighted by molar-refractivity contribution is 6.04. The molecule has 2 rings (SSSR count). The van der Waals surface area contributed by atoms with Crippen LogP contribution in [0.15, 0.2) is 36.5 Å². The highest BCUT2D eigenvalue weighted by Crippen LogP contribution is 2.14. The fourth-order valence-electron chi connectivity index (χ4n) is 1.42. The quantitative estimate of drug-likeness (QED) is 0.798. The predicted octanol–water partition coefficient (Wildman–Crippen LogP) is 2.36. The van der Waals surface area contributed by atoms with Crippen molar-refractivity contribution in [3.05, 3.63) is 53.5 Å². The molecule has 0 aliphatic rings. The van der Waals surface area contributed by atoms with Crippen molar-refractivity contribution < 1.29 is 9.18 Å². The van der Waals surface area contributed by atoms with Crippen LogP contribution in [0.5, 0.6) is 0 Å². The SMILES string of the molecule is Cc1ccc(C(=O)Nc2ccc(F)cn2)cc1N. The van der Waals surface area contributed by atoms with E-state index >= 15 is 0 Å². The number of nitrogens with two attached hydrogens (primary N) is 1. The lowest BCUT2D eigenvalue weighted by Gasteiger charge is -2.06. The van der Waals surface area contributed by atoms with E-state index in [0.717, 1.165) is 11.8 Å². The van der Waals surface area contributed by atoms with Gasteiger partial charge in [-0.2, -0.15) is 0 Å². The van der Waals surface area contributed by atoms with Crippen molar-refractivity contribution >= 4 is 17.4 Å². The largest absolute Gasteiger partial charge is 0.398 e. The lowest BCUT2D eigenvalue weighted by atomic mass is 10.1. The zero-order chi connectivity index (χ0) is 13.1. The number of nitrogens with one attached hydrogen (secondary N) is 1. The second-order valence-corrected chi connectivity index (χ2v) is 3.89. The van der Waals surface area contributed by atoms with E-state index in [1.54, 1.807) is 18.2 Å². The molecule has 0 aliphatic carbocycles. The van der Waals surface area contributed by atoms with Crippen molar-refractivity contribution in [2.24, 2.45) is 0 Å². The fourth-order valence-corrected chi connectivity index (χ4v) is 1.42. The van der Waals surface area contributed by atoms with Gasteiger partial charge in [-0.1, -0.05) is 6.07 Å². The summed E-state index contributed by atoms with van der Waals surface area (Å²) in [6.45, 7) is 1.86. The number of rotatable bonds is 2. The van der Waals surface area contributed by atoms with Crippen LogP contribution in [-0.2, 0) is 0 Å². The van der Waals surface area contributed by atoms with E-state index in [1.165, 1.54) is 12.1 Å². The molecule has 0 aliphatic heterocycles. The monoisotopic (exact) mass is 245 g/mol. The van der Waals surface area contributed by atoms with Gasteiger partial charge in [0, 0.05) is 11.3 Å². The third-order valence-corrected chi connectivity index (χ3v) is 2.51. The van der Waals surface area contributed by atoms with Crippen molar-refractivity contribution in [1.29, 1.82) is 0 Å². The zero-order valence-corrected chi connectivity index (χ0v) is 9.77. The highest BCUT2D eigenvalue weighted by Gasteiger charge is 2.08. The summed E-state index contributed by atoms with van der Waals surface area (Å²) in [5.41, 5.74) is 7.62. The summed E-state index contributed by atoms with van der Waals surface area (Å²) in [7, 11) is 0. The van der Waals surface area contributed by atoms with Gasteiger partial charge in [-0.15, -0.1) is 0 Å². The molecule has 0 atom stereocenters. The first-order valence-electron chi connectivity index (χ1n) is 5.35. The molecule has 0 bridgehead atoms. The summed E-state index contributed by atoms with van der Waals surface area (Å²) in [6, 6.07) is 7.65. The van der Waals surface area contributed by atoms with Crippen LogP contribution in [0, 0.1) is 12.7 Å². The van der Waals surface area contributed by atoms with Gasteiger partial charge in [-0.3, -0.25) is 4.79 Å². The molecule has 4 nitrogen and oxygen atoms in total. The Balaban J connectivity index is 2.16. The van der Waals surface area contributed by atoms with Gasteiger partial charge in [-0.25, -0.2) is 9.37 Å². The number of hydrogen-bond acceptors (Lipinski definition) is 3. The van der Waals surface area contributed by atoms with Crippen molar-refractivity contribution in [1.82, 2.24) is 4.98 Å². The minimum atomic E-state index is -0.451. The molecule has 0 spiro atoms. The van der Waals surface area contributed by atoms with Crippen LogP contribution in [0.3, 0.4) is 0 Å². The number of nitrogens with zero attached hydrogens (tertiary/aromatic N) is 1. The van der Waals surface area contributed by atoms with Gasteiger partial charge in [0.25, 0.3) is 5.91 Å². The fraction of sp³-hybridized carbons (Fsp3) is 0.0769. The Morgan fingerprint density at radius 1 is 1.33 bits per heavy atom. The summed E-state index contributed by atoms with van der Waals surface area (Å²) in [6.07, 6.45) is 1.04. The lowest BCUT2D eigenvalue weighted by Crippen LogP contribution is -2.13. The molecule has 3 N–H and O–H groups in total. The van der Waals surface area contributed by atoms with Crippen molar-refractivity contribution in [2.45, 2.75) is 6.92 Å². The van der Waals surface area contributed by atoms with Crippen LogP contribution >= 0.6 is 0 Å². The number of aryl methyl sites for hydroxylation is 1. The summed E-state index contributed by atoms with van der Waals surface area (Å²) in [5.74, 6) is -0.492. The van der Waals surface area contributed by atoms with Crippen LogP contribution in [0.2, 0.25) is 0 Å². The van der Waals surface area contributed by atoms with Crippen LogP contribution in [-0.4, -0.2) is 10.9 Å². The predicted molar refractivity (Wildman–Crippen MR) is 67.7 cm³/mol. The molecular formula is C13H12FN3O. The van der Waals surface area contributed by atoms with Crippen molar-refractivity contribution in [2.75, 3.05) is 11.1 Å². The Labute approximate surface area is 104 Å². The second-order valence-electron chi connectivity index (χ2n) is 3.89. The summed E-state index contributed by atoms with van der Waals surface area (Å²) >= 11 is 0. The Morgan fingerprint density at radius 2 is 2.11 bits per heavy atom. The Morgan fingerprint density at radius 3 is 2.72 bits per heavy atom. The number of pyridine rings is 1. The molecule has 0 saturated carbocycles. The van der Waals surface area contributed by atoms with E-state index in [0.29, 0.717) is 17.1 Å². The van der Waals surface area contributed by atoms with E-state index < -0.39 is 5.82 Å². The van der Waals surface area contributed by atoms with Gasteiger partial charge < -0.3 is 11.1 Å². The first-order chi connectivity index (χ1) is 8.56. The van der Waals surface area contributed by atoms with Crippen LogP contribution < -0.4 is 11.1 Å². The van der Waals surface area contributed by atoms with Gasteiger partial charge in [0.15, 0.2) is 0 Å². The van der Waals surface area contributed by atoms with Gasteiger partial charge in [-0.05, 0) is 36.8 Å². The Hall–Kier alpha value is -2.43. The smallest absolute Gasteiger partial charge is 0.256 e. The summed E-state index contributed by atoms with van der Waals surface area (Å²) < 4.78 is 12.7. The lowest BCUT2D eigenvalue weighted by molar-refractivity contribution is 0.102. The number of benzene rings is 1. The number of aromatic nitrogens is 1. The number of hydrogen-bond donors (Lipinski definition) is 2. The van der Waals surface area contributed by atoms with Crippen molar-refractivity contribution in [3.8, 4) is 0 Å². The molecule has 5 heteroatoms. The first kappa shape index (κ1) is 12.0. The number of amides is 1. The summed E-state index contributed by atoms with van der Waals surface area (Å²) in [5, 5.41) is 2.56. The maximum Gasteiger partial charge on any atom is 0.256 e. The maximum atomic E-state index is 12.7. The average Bonchev–Trinajstić information content (AvgIpc) is 2.35. The molecule has 92 valence electrons. The van der Waals surface area contributed by atoms with E-state index in [-0.39, 0.29) is 5.91 Å². The minimum absolute atomic E-state index is 0.292. The Kier molecular flexibility index (Phi) is 3.23. The van der Waals surface area contributed by atoms with E-state index in [1.807, 2.05) is 6.92 Å². The molecule has 0 unspecified atom stereocenters. The third-order valence-electron chi connectivity index (χ3n) is 2.51. The van der Waals surface area contributed by atoms with Crippen LogP contribution in [0.1, 0.15) is 15.9 Å². The molecule has 18 heavy (non-hydrogen) atoms. The average molecular weight is 245 g/mol. The number of carbonyl (C=O) groups excluding carboxylic acids is 1. The molecule has 1 heterocycles. The molecule has 1 aromatic carbocycles.